The number of hydrogen-bond donors (Lipinski definition) is 2. The molecule has 2 rings (SSSR count). The number of halogens is 2. The molecule has 0 fully saturated rings. The van der Waals surface area contributed by atoms with Gasteiger partial charge in [0.05, 0.1) is 0 Å². The molecule has 27 heavy (non-hydrogen) atoms. The standard InChI is InChI=1S/C19H19F2NO5/c20-19(21)27-15-8-6-13(7-9-15)10-11-22-16(23)12-26-18(25)17(24)14-4-2-1-3-5-14/h1-9,17,19,24H,10-12H2,(H,22,23)/t17-/m0/s1. The summed E-state index contributed by atoms with van der Waals surface area (Å²) in [6, 6.07) is 14.3. The van der Waals surface area contributed by atoms with Crippen molar-refractivity contribution in [2.75, 3.05) is 13.2 Å². The molecule has 1 amide bonds. The number of aliphatic hydroxyl groups excluding tert-OH is 1. The lowest BCUT2D eigenvalue weighted by Gasteiger charge is -2.11. The Labute approximate surface area is 154 Å². The van der Waals surface area contributed by atoms with Gasteiger partial charge in [-0.25, -0.2) is 4.79 Å². The molecule has 2 aromatic carbocycles. The Balaban J connectivity index is 1.68. The molecule has 2 aromatic rings. The summed E-state index contributed by atoms with van der Waals surface area (Å²) in [7, 11) is 0. The number of aliphatic hydroxyl groups is 1. The highest BCUT2D eigenvalue weighted by Gasteiger charge is 2.19. The van der Waals surface area contributed by atoms with Crippen molar-refractivity contribution in [3.05, 3.63) is 65.7 Å². The molecular weight excluding hydrogens is 360 g/mol. The van der Waals surface area contributed by atoms with Gasteiger partial charge in [0.15, 0.2) is 12.7 Å². The van der Waals surface area contributed by atoms with Gasteiger partial charge in [-0.15, -0.1) is 0 Å². The zero-order chi connectivity index (χ0) is 19.6. The molecule has 2 N–H and O–H groups in total. The van der Waals surface area contributed by atoms with E-state index in [0.717, 1.165) is 5.56 Å². The first-order valence-corrected chi connectivity index (χ1v) is 8.16. The molecule has 0 spiro atoms. The average molecular weight is 379 g/mol. The smallest absolute Gasteiger partial charge is 0.387 e. The van der Waals surface area contributed by atoms with Gasteiger partial charge < -0.3 is 19.9 Å². The monoisotopic (exact) mass is 379 g/mol. The second-order valence-electron chi connectivity index (χ2n) is 5.54. The van der Waals surface area contributed by atoms with Gasteiger partial charge in [-0.1, -0.05) is 42.5 Å². The number of ether oxygens (including phenoxy) is 2. The van der Waals surface area contributed by atoms with E-state index in [9.17, 15) is 23.5 Å². The second kappa shape index (κ2) is 10.2. The third-order valence-corrected chi connectivity index (χ3v) is 3.57. The van der Waals surface area contributed by atoms with Crippen LogP contribution in [-0.4, -0.2) is 36.7 Å². The van der Waals surface area contributed by atoms with Gasteiger partial charge in [0.2, 0.25) is 0 Å². The fourth-order valence-corrected chi connectivity index (χ4v) is 2.22. The first kappa shape index (κ1) is 20.3. The maximum Gasteiger partial charge on any atom is 0.387 e. The highest BCUT2D eigenvalue weighted by atomic mass is 19.3. The van der Waals surface area contributed by atoms with Crippen LogP contribution in [0.25, 0.3) is 0 Å². The van der Waals surface area contributed by atoms with Crippen LogP contribution < -0.4 is 10.1 Å². The second-order valence-corrected chi connectivity index (χ2v) is 5.54. The minimum absolute atomic E-state index is 0.0571. The van der Waals surface area contributed by atoms with Gasteiger partial charge in [0.1, 0.15) is 5.75 Å². The first-order chi connectivity index (χ1) is 13.0. The summed E-state index contributed by atoms with van der Waals surface area (Å²) in [6.45, 7) is -3.12. The number of nitrogens with one attached hydrogen (secondary N) is 1. The van der Waals surface area contributed by atoms with Crippen LogP contribution in [0.5, 0.6) is 5.75 Å². The third-order valence-electron chi connectivity index (χ3n) is 3.57. The van der Waals surface area contributed by atoms with Gasteiger partial charge in [-0.3, -0.25) is 4.79 Å². The number of alkyl halides is 2. The Hall–Kier alpha value is -3.00. The largest absolute Gasteiger partial charge is 0.453 e. The molecule has 0 unspecified atom stereocenters. The maximum absolute atomic E-state index is 12.1. The zero-order valence-corrected chi connectivity index (χ0v) is 14.3. The van der Waals surface area contributed by atoms with Gasteiger partial charge in [0, 0.05) is 6.54 Å². The summed E-state index contributed by atoms with van der Waals surface area (Å²) in [6.07, 6.45) is -0.991. The van der Waals surface area contributed by atoms with E-state index in [1.165, 1.54) is 12.1 Å². The zero-order valence-electron chi connectivity index (χ0n) is 14.3. The predicted octanol–water partition coefficient (Wildman–Crippen LogP) is 2.22. The van der Waals surface area contributed by atoms with Crippen molar-refractivity contribution in [2.45, 2.75) is 19.1 Å². The first-order valence-electron chi connectivity index (χ1n) is 8.16. The van der Waals surface area contributed by atoms with Crippen molar-refractivity contribution >= 4 is 11.9 Å². The Bertz CT molecular complexity index is 738. The van der Waals surface area contributed by atoms with Crippen LogP contribution in [-0.2, 0) is 20.7 Å². The molecular formula is C19H19F2NO5. The molecule has 6 nitrogen and oxygen atoms in total. The van der Waals surface area contributed by atoms with Gasteiger partial charge >= 0.3 is 12.6 Å². The maximum atomic E-state index is 12.1. The van der Waals surface area contributed by atoms with E-state index in [1.807, 2.05) is 0 Å². The van der Waals surface area contributed by atoms with E-state index in [-0.39, 0.29) is 12.3 Å². The topological polar surface area (TPSA) is 84.9 Å². The lowest BCUT2D eigenvalue weighted by atomic mass is 10.1. The van der Waals surface area contributed by atoms with Crippen LogP contribution in [0.1, 0.15) is 17.2 Å². The summed E-state index contributed by atoms with van der Waals surface area (Å²) < 4.78 is 33.2. The van der Waals surface area contributed by atoms with Gasteiger partial charge in [-0.2, -0.15) is 8.78 Å². The number of carbonyl (C=O) groups excluding carboxylic acids is 2. The predicted molar refractivity (Wildman–Crippen MR) is 92.1 cm³/mol. The molecule has 0 aliphatic heterocycles. The number of benzene rings is 2. The van der Waals surface area contributed by atoms with Crippen LogP contribution in [0.4, 0.5) is 8.78 Å². The van der Waals surface area contributed by atoms with Crippen LogP contribution in [0.2, 0.25) is 0 Å². The lowest BCUT2D eigenvalue weighted by molar-refractivity contribution is -0.157. The Kier molecular flexibility index (Phi) is 7.69. The lowest BCUT2D eigenvalue weighted by Crippen LogP contribution is -2.31. The number of esters is 1. The Morgan fingerprint density at radius 1 is 1.04 bits per heavy atom. The fourth-order valence-electron chi connectivity index (χ4n) is 2.22. The molecule has 0 aliphatic rings. The highest BCUT2D eigenvalue weighted by Crippen LogP contribution is 2.15. The van der Waals surface area contributed by atoms with E-state index in [1.54, 1.807) is 42.5 Å². The molecule has 0 saturated carbocycles. The van der Waals surface area contributed by atoms with E-state index < -0.39 is 31.2 Å². The van der Waals surface area contributed by atoms with E-state index in [2.05, 4.69) is 10.1 Å². The van der Waals surface area contributed by atoms with Crippen LogP contribution in [0.3, 0.4) is 0 Å². The third kappa shape index (κ3) is 7.02. The SMILES string of the molecule is O=C(COC(=O)[C@@H](O)c1ccccc1)NCCc1ccc(OC(F)F)cc1. The Morgan fingerprint density at radius 2 is 1.70 bits per heavy atom. The number of hydrogen-bond acceptors (Lipinski definition) is 5. The van der Waals surface area contributed by atoms with Crippen molar-refractivity contribution in [2.24, 2.45) is 0 Å². The van der Waals surface area contributed by atoms with Crippen molar-refractivity contribution in [3.8, 4) is 5.75 Å². The van der Waals surface area contributed by atoms with Crippen molar-refractivity contribution < 1.29 is 33.0 Å². The fraction of sp³-hybridized carbons (Fsp3) is 0.263. The molecule has 0 aliphatic carbocycles. The molecule has 0 bridgehead atoms. The summed E-state index contributed by atoms with van der Waals surface area (Å²) in [5, 5.41) is 12.4. The van der Waals surface area contributed by atoms with Gasteiger partial charge in [0.25, 0.3) is 5.91 Å². The number of amides is 1. The molecule has 0 saturated heterocycles. The summed E-state index contributed by atoms with van der Waals surface area (Å²) >= 11 is 0. The van der Waals surface area contributed by atoms with Crippen LogP contribution in [0, 0.1) is 0 Å². The van der Waals surface area contributed by atoms with Crippen molar-refractivity contribution in [3.63, 3.8) is 0 Å². The summed E-state index contributed by atoms with van der Waals surface area (Å²) in [5.41, 5.74) is 1.19. The van der Waals surface area contributed by atoms with E-state index >= 15 is 0 Å². The van der Waals surface area contributed by atoms with Gasteiger partial charge in [-0.05, 0) is 29.7 Å². The van der Waals surface area contributed by atoms with Crippen LogP contribution >= 0.6 is 0 Å². The van der Waals surface area contributed by atoms with Crippen LogP contribution in [0.15, 0.2) is 54.6 Å². The van der Waals surface area contributed by atoms with E-state index in [0.29, 0.717) is 12.0 Å². The molecule has 0 aromatic heterocycles. The van der Waals surface area contributed by atoms with Crippen molar-refractivity contribution in [1.82, 2.24) is 5.32 Å². The number of carbonyl (C=O) groups is 2. The quantitative estimate of drug-likeness (QED) is 0.653. The molecule has 0 heterocycles. The number of rotatable bonds is 9. The summed E-state index contributed by atoms with van der Waals surface area (Å²) in [4.78, 5) is 23.4. The Morgan fingerprint density at radius 3 is 2.33 bits per heavy atom. The normalized spacial score (nSPS) is 11.7. The average Bonchev–Trinajstić information content (AvgIpc) is 2.67. The minimum atomic E-state index is -2.88. The minimum Gasteiger partial charge on any atom is -0.453 e. The molecule has 144 valence electrons. The van der Waals surface area contributed by atoms with E-state index in [4.69, 9.17) is 4.74 Å². The molecule has 1 atom stereocenters. The molecule has 8 heteroatoms. The summed E-state index contributed by atoms with van der Waals surface area (Å²) in [5.74, 6) is -1.37. The highest BCUT2D eigenvalue weighted by molar-refractivity contribution is 5.82. The van der Waals surface area contributed by atoms with Crippen molar-refractivity contribution in [1.29, 1.82) is 0 Å². The molecule has 0 radical (unpaired) electrons.